The molecular formula is C9H8N4O2. The van der Waals surface area contributed by atoms with Gasteiger partial charge in [0, 0.05) is 13.2 Å². The topological polar surface area (TPSA) is 73.8 Å². The van der Waals surface area contributed by atoms with Crippen molar-refractivity contribution in [1.82, 2.24) is 14.8 Å². The predicted octanol–water partition coefficient (Wildman–Crippen LogP) is 1.39. The van der Waals surface area contributed by atoms with Crippen LogP contribution in [0, 0.1) is 10.1 Å². The molecule has 0 aliphatic heterocycles. The third-order valence-electron chi connectivity index (χ3n) is 1.91. The Morgan fingerprint density at radius 1 is 1.47 bits per heavy atom. The molecule has 0 saturated carbocycles. The van der Waals surface area contributed by atoms with E-state index in [0.717, 1.165) is 0 Å². The molecule has 0 bridgehead atoms. The monoisotopic (exact) mass is 204 g/mol. The van der Waals surface area contributed by atoms with E-state index in [1.54, 1.807) is 31.4 Å². The number of hydrogen-bond donors (Lipinski definition) is 0. The summed E-state index contributed by atoms with van der Waals surface area (Å²) in [6.07, 6.45) is 2.94. The highest BCUT2D eigenvalue weighted by molar-refractivity contribution is 5.65. The van der Waals surface area contributed by atoms with Gasteiger partial charge < -0.3 is 0 Å². The van der Waals surface area contributed by atoms with Gasteiger partial charge in [-0.15, -0.1) is 0 Å². The summed E-state index contributed by atoms with van der Waals surface area (Å²) in [6, 6.07) is 5.20. The number of rotatable bonds is 2. The van der Waals surface area contributed by atoms with Crippen LogP contribution < -0.4 is 0 Å². The molecule has 2 aromatic rings. The van der Waals surface area contributed by atoms with Crippen LogP contribution >= 0.6 is 0 Å². The van der Waals surface area contributed by atoms with Crippen molar-refractivity contribution in [3.8, 4) is 11.4 Å². The molecule has 0 saturated heterocycles. The highest BCUT2D eigenvalue weighted by Crippen LogP contribution is 2.25. The molecule has 2 rings (SSSR count). The van der Waals surface area contributed by atoms with Crippen LogP contribution in [0.2, 0.25) is 0 Å². The van der Waals surface area contributed by atoms with Crippen molar-refractivity contribution in [2.24, 2.45) is 7.05 Å². The van der Waals surface area contributed by atoms with Gasteiger partial charge in [0.25, 0.3) is 0 Å². The van der Waals surface area contributed by atoms with Gasteiger partial charge in [0.15, 0.2) is 5.69 Å². The van der Waals surface area contributed by atoms with Gasteiger partial charge in [-0.3, -0.25) is 19.8 Å². The van der Waals surface area contributed by atoms with Crippen molar-refractivity contribution in [3.05, 3.63) is 40.7 Å². The quantitative estimate of drug-likeness (QED) is 0.547. The first-order valence-electron chi connectivity index (χ1n) is 4.28. The van der Waals surface area contributed by atoms with Crippen molar-refractivity contribution in [2.75, 3.05) is 0 Å². The molecule has 0 atom stereocenters. The largest absolute Gasteiger partial charge is 0.316 e. The lowest BCUT2D eigenvalue weighted by Gasteiger charge is -1.93. The Labute approximate surface area is 85.3 Å². The van der Waals surface area contributed by atoms with Crippen LogP contribution in [0.1, 0.15) is 0 Å². The zero-order chi connectivity index (χ0) is 10.8. The maximum atomic E-state index is 10.7. The Kier molecular flexibility index (Phi) is 2.17. The number of nitrogens with zero attached hydrogens (tertiary/aromatic N) is 4. The smallest absolute Gasteiger partial charge is 0.268 e. The van der Waals surface area contributed by atoms with Gasteiger partial charge in [0.2, 0.25) is 0 Å². The summed E-state index contributed by atoms with van der Waals surface area (Å²) < 4.78 is 1.40. The Morgan fingerprint density at radius 3 is 2.87 bits per heavy atom. The molecule has 0 unspecified atom stereocenters. The summed E-state index contributed by atoms with van der Waals surface area (Å²) >= 11 is 0. The standard InChI is InChI=1S/C9H8N4O2/c1-12-6-8(13(14)15)9(11-12)7-4-2-3-5-10-7/h2-6H,1H3. The first kappa shape index (κ1) is 9.32. The molecule has 0 aromatic carbocycles. The van der Waals surface area contributed by atoms with Crippen LogP contribution in [-0.4, -0.2) is 19.7 Å². The van der Waals surface area contributed by atoms with Crippen molar-refractivity contribution in [3.63, 3.8) is 0 Å². The van der Waals surface area contributed by atoms with Crippen molar-refractivity contribution in [1.29, 1.82) is 0 Å². The summed E-state index contributed by atoms with van der Waals surface area (Å²) in [6.45, 7) is 0. The van der Waals surface area contributed by atoms with E-state index in [0.29, 0.717) is 11.4 Å². The molecule has 0 aliphatic rings. The van der Waals surface area contributed by atoms with Crippen LogP contribution in [0.4, 0.5) is 5.69 Å². The summed E-state index contributed by atoms with van der Waals surface area (Å²) in [5.74, 6) is 0. The number of aromatic nitrogens is 3. The van der Waals surface area contributed by atoms with Crippen LogP contribution in [0.5, 0.6) is 0 Å². The van der Waals surface area contributed by atoms with E-state index >= 15 is 0 Å². The molecule has 0 spiro atoms. The number of aryl methyl sites for hydroxylation is 1. The van der Waals surface area contributed by atoms with Gasteiger partial charge in [-0.25, -0.2) is 0 Å². The number of nitro groups is 1. The second kappa shape index (κ2) is 3.49. The lowest BCUT2D eigenvalue weighted by Crippen LogP contribution is -1.91. The van der Waals surface area contributed by atoms with E-state index in [4.69, 9.17) is 0 Å². The van der Waals surface area contributed by atoms with Crippen LogP contribution in [0.15, 0.2) is 30.6 Å². The first-order valence-corrected chi connectivity index (χ1v) is 4.28. The maximum absolute atomic E-state index is 10.7. The first-order chi connectivity index (χ1) is 7.18. The van der Waals surface area contributed by atoms with Crippen molar-refractivity contribution < 1.29 is 4.92 Å². The van der Waals surface area contributed by atoms with E-state index < -0.39 is 4.92 Å². The van der Waals surface area contributed by atoms with Gasteiger partial charge in [0.1, 0.15) is 6.20 Å². The molecule has 0 N–H and O–H groups in total. The fourth-order valence-corrected chi connectivity index (χ4v) is 1.29. The average molecular weight is 204 g/mol. The van der Waals surface area contributed by atoms with E-state index in [-0.39, 0.29) is 5.69 Å². The molecule has 0 radical (unpaired) electrons. The SMILES string of the molecule is Cn1cc([N+](=O)[O-])c(-c2ccccn2)n1. The molecule has 6 heteroatoms. The second-order valence-electron chi connectivity index (χ2n) is 3.01. The lowest BCUT2D eigenvalue weighted by molar-refractivity contribution is -0.384. The summed E-state index contributed by atoms with van der Waals surface area (Å²) in [4.78, 5) is 14.3. The van der Waals surface area contributed by atoms with Crippen molar-refractivity contribution in [2.45, 2.75) is 0 Å². The normalized spacial score (nSPS) is 10.2. The Morgan fingerprint density at radius 2 is 2.27 bits per heavy atom. The molecule has 15 heavy (non-hydrogen) atoms. The zero-order valence-corrected chi connectivity index (χ0v) is 7.99. The molecule has 0 fully saturated rings. The maximum Gasteiger partial charge on any atom is 0.316 e. The minimum absolute atomic E-state index is 0.0313. The third-order valence-corrected chi connectivity index (χ3v) is 1.91. The Bertz CT molecular complexity index is 492. The summed E-state index contributed by atoms with van der Waals surface area (Å²) in [5, 5.41) is 14.7. The highest BCUT2D eigenvalue weighted by Gasteiger charge is 2.20. The fraction of sp³-hybridized carbons (Fsp3) is 0.111. The van der Waals surface area contributed by atoms with E-state index in [2.05, 4.69) is 10.1 Å². The van der Waals surface area contributed by atoms with Crippen molar-refractivity contribution >= 4 is 5.69 Å². The Hall–Kier alpha value is -2.24. The van der Waals surface area contributed by atoms with Crippen LogP contribution in [-0.2, 0) is 7.05 Å². The third kappa shape index (κ3) is 1.69. The number of pyridine rings is 1. The molecule has 0 amide bonds. The summed E-state index contributed by atoms with van der Waals surface area (Å²) in [5.41, 5.74) is 0.768. The zero-order valence-electron chi connectivity index (χ0n) is 7.99. The Balaban J connectivity index is 2.58. The van der Waals surface area contributed by atoms with Gasteiger partial charge in [-0.1, -0.05) is 6.07 Å². The minimum Gasteiger partial charge on any atom is -0.268 e. The minimum atomic E-state index is -0.461. The average Bonchev–Trinajstić information content (AvgIpc) is 2.62. The molecular weight excluding hydrogens is 196 g/mol. The second-order valence-corrected chi connectivity index (χ2v) is 3.01. The molecule has 76 valence electrons. The highest BCUT2D eigenvalue weighted by atomic mass is 16.6. The van der Waals surface area contributed by atoms with Gasteiger partial charge in [0.05, 0.1) is 10.6 Å². The van der Waals surface area contributed by atoms with E-state index in [1.165, 1.54) is 10.9 Å². The molecule has 2 heterocycles. The van der Waals surface area contributed by atoms with Crippen LogP contribution in [0.25, 0.3) is 11.4 Å². The van der Waals surface area contributed by atoms with E-state index in [1.807, 2.05) is 0 Å². The lowest BCUT2D eigenvalue weighted by atomic mass is 10.2. The predicted molar refractivity (Wildman–Crippen MR) is 53.1 cm³/mol. The van der Waals surface area contributed by atoms with Crippen LogP contribution in [0.3, 0.4) is 0 Å². The fourth-order valence-electron chi connectivity index (χ4n) is 1.29. The van der Waals surface area contributed by atoms with Gasteiger partial charge in [-0.05, 0) is 12.1 Å². The number of hydrogen-bond acceptors (Lipinski definition) is 4. The van der Waals surface area contributed by atoms with Gasteiger partial charge >= 0.3 is 5.69 Å². The molecule has 2 aromatic heterocycles. The summed E-state index contributed by atoms with van der Waals surface area (Å²) in [7, 11) is 1.64. The van der Waals surface area contributed by atoms with E-state index in [9.17, 15) is 10.1 Å². The van der Waals surface area contributed by atoms with Gasteiger partial charge in [-0.2, -0.15) is 5.10 Å². The molecule has 6 nitrogen and oxygen atoms in total. The molecule has 0 aliphatic carbocycles.